The van der Waals surface area contributed by atoms with Gasteiger partial charge >= 0.3 is 0 Å². The van der Waals surface area contributed by atoms with Gasteiger partial charge in [0, 0.05) is 6.61 Å². The third kappa shape index (κ3) is 2.84. The fourth-order valence-corrected chi connectivity index (χ4v) is 2.14. The summed E-state index contributed by atoms with van der Waals surface area (Å²) in [6, 6.07) is 13.8. The molecule has 0 amide bonds. The number of benzene rings is 2. The van der Waals surface area contributed by atoms with Gasteiger partial charge in [0.05, 0.1) is 12.1 Å². The Bertz CT molecular complexity index is 538. The highest BCUT2D eigenvalue weighted by Gasteiger charge is 2.04. The van der Waals surface area contributed by atoms with Gasteiger partial charge in [-0.15, -0.1) is 0 Å². The van der Waals surface area contributed by atoms with E-state index in [0.29, 0.717) is 17.2 Å². The Balaban J connectivity index is 2.36. The molecule has 94 valence electrons. The van der Waals surface area contributed by atoms with E-state index in [1.165, 1.54) is 0 Å². The zero-order valence-electron chi connectivity index (χ0n) is 10.2. The van der Waals surface area contributed by atoms with E-state index in [-0.39, 0.29) is 6.61 Å². The van der Waals surface area contributed by atoms with Gasteiger partial charge in [0.15, 0.2) is 0 Å². The van der Waals surface area contributed by atoms with E-state index in [1.807, 2.05) is 36.4 Å². The van der Waals surface area contributed by atoms with Crippen molar-refractivity contribution in [1.82, 2.24) is 0 Å². The molecule has 2 rings (SSSR count). The minimum atomic E-state index is 0.160. The molecule has 0 saturated heterocycles. The lowest BCUT2D eigenvalue weighted by atomic mass is 10.0. The maximum absolute atomic E-state index is 8.96. The average molecular weight is 263 g/mol. The van der Waals surface area contributed by atoms with E-state index >= 15 is 0 Å². The summed E-state index contributed by atoms with van der Waals surface area (Å²) in [5.41, 5.74) is 3.24. The first-order chi connectivity index (χ1) is 8.74. The van der Waals surface area contributed by atoms with Crippen LogP contribution in [0.1, 0.15) is 5.56 Å². The minimum Gasteiger partial charge on any atom is -0.495 e. The van der Waals surface area contributed by atoms with Crippen molar-refractivity contribution in [2.45, 2.75) is 6.42 Å². The number of methoxy groups -OCH3 is 1. The lowest BCUT2D eigenvalue weighted by molar-refractivity contribution is 0.299. The van der Waals surface area contributed by atoms with Crippen LogP contribution < -0.4 is 4.74 Å². The highest BCUT2D eigenvalue weighted by molar-refractivity contribution is 6.32. The Morgan fingerprint density at radius 3 is 2.56 bits per heavy atom. The maximum atomic E-state index is 8.96. The van der Waals surface area contributed by atoms with Gasteiger partial charge in [0.2, 0.25) is 0 Å². The molecule has 0 aliphatic rings. The van der Waals surface area contributed by atoms with Crippen LogP contribution in [0.4, 0.5) is 0 Å². The second kappa shape index (κ2) is 5.89. The van der Waals surface area contributed by atoms with Crippen LogP contribution in [0.15, 0.2) is 42.5 Å². The monoisotopic (exact) mass is 262 g/mol. The molecule has 2 aromatic carbocycles. The molecule has 3 heteroatoms. The van der Waals surface area contributed by atoms with Gasteiger partial charge in [-0.3, -0.25) is 0 Å². The fraction of sp³-hybridized carbons (Fsp3) is 0.200. The summed E-state index contributed by atoms with van der Waals surface area (Å²) < 4.78 is 5.13. The van der Waals surface area contributed by atoms with Crippen LogP contribution in [0.2, 0.25) is 5.02 Å². The number of aliphatic hydroxyl groups excluding tert-OH is 1. The van der Waals surface area contributed by atoms with Crippen molar-refractivity contribution in [3.05, 3.63) is 53.1 Å². The molecule has 0 bridgehead atoms. The zero-order chi connectivity index (χ0) is 13.0. The zero-order valence-corrected chi connectivity index (χ0v) is 10.9. The molecule has 0 aliphatic carbocycles. The molecule has 2 aromatic rings. The van der Waals surface area contributed by atoms with Crippen molar-refractivity contribution in [1.29, 1.82) is 0 Å². The summed E-state index contributed by atoms with van der Waals surface area (Å²) >= 11 is 6.12. The maximum Gasteiger partial charge on any atom is 0.137 e. The van der Waals surface area contributed by atoms with Crippen molar-refractivity contribution >= 4 is 11.6 Å². The summed E-state index contributed by atoms with van der Waals surface area (Å²) in [6.07, 6.45) is 0.664. The van der Waals surface area contributed by atoms with Crippen LogP contribution in [0.3, 0.4) is 0 Å². The second-order valence-corrected chi connectivity index (χ2v) is 4.43. The van der Waals surface area contributed by atoms with Gasteiger partial charge in [-0.1, -0.05) is 41.9 Å². The summed E-state index contributed by atoms with van der Waals surface area (Å²) in [7, 11) is 1.60. The third-order valence-corrected chi connectivity index (χ3v) is 3.11. The number of ether oxygens (including phenoxy) is 1. The van der Waals surface area contributed by atoms with Crippen molar-refractivity contribution < 1.29 is 9.84 Å². The SMILES string of the molecule is COc1ccc(-c2cccc(CCO)c2)cc1Cl. The van der Waals surface area contributed by atoms with Gasteiger partial charge in [-0.2, -0.15) is 0 Å². The third-order valence-electron chi connectivity index (χ3n) is 2.81. The van der Waals surface area contributed by atoms with Gasteiger partial charge in [0.1, 0.15) is 5.75 Å². The van der Waals surface area contributed by atoms with E-state index in [0.717, 1.165) is 16.7 Å². The quantitative estimate of drug-likeness (QED) is 0.913. The van der Waals surface area contributed by atoms with Crippen LogP contribution >= 0.6 is 11.6 Å². The highest BCUT2D eigenvalue weighted by Crippen LogP contribution is 2.30. The van der Waals surface area contributed by atoms with Crippen LogP contribution in [-0.4, -0.2) is 18.8 Å². The van der Waals surface area contributed by atoms with Crippen molar-refractivity contribution in [3.8, 4) is 16.9 Å². The smallest absolute Gasteiger partial charge is 0.137 e. The van der Waals surface area contributed by atoms with Crippen molar-refractivity contribution in [3.63, 3.8) is 0 Å². The molecular weight excluding hydrogens is 248 g/mol. The molecule has 0 aromatic heterocycles. The summed E-state index contributed by atoms with van der Waals surface area (Å²) in [6.45, 7) is 0.160. The highest BCUT2D eigenvalue weighted by atomic mass is 35.5. The molecule has 0 radical (unpaired) electrons. The lowest BCUT2D eigenvalue weighted by Crippen LogP contribution is -1.91. The first-order valence-electron chi connectivity index (χ1n) is 5.78. The van der Waals surface area contributed by atoms with Crippen molar-refractivity contribution in [2.75, 3.05) is 13.7 Å². The number of rotatable bonds is 4. The largest absolute Gasteiger partial charge is 0.495 e. The van der Waals surface area contributed by atoms with E-state index < -0.39 is 0 Å². The molecule has 0 saturated carbocycles. The predicted molar refractivity (Wildman–Crippen MR) is 74.2 cm³/mol. The Labute approximate surface area is 112 Å². The molecule has 0 spiro atoms. The molecule has 0 aliphatic heterocycles. The number of halogens is 1. The molecule has 0 unspecified atom stereocenters. The lowest BCUT2D eigenvalue weighted by Gasteiger charge is -2.07. The van der Waals surface area contributed by atoms with E-state index in [9.17, 15) is 0 Å². The molecule has 18 heavy (non-hydrogen) atoms. The summed E-state index contributed by atoms with van der Waals surface area (Å²) in [4.78, 5) is 0. The Hall–Kier alpha value is -1.51. The average Bonchev–Trinajstić information content (AvgIpc) is 2.39. The topological polar surface area (TPSA) is 29.5 Å². The summed E-state index contributed by atoms with van der Waals surface area (Å²) in [5, 5.41) is 9.56. The molecule has 1 N–H and O–H groups in total. The molecular formula is C15H15ClO2. The van der Waals surface area contributed by atoms with Crippen LogP contribution in [-0.2, 0) is 6.42 Å². The minimum absolute atomic E-state index is 0.160. The molecule has 0 atom stereocenters. The van der Waals surface area contributed by atoms with E-state index in [1.54, 1.807) is 7.11 Å². The normalized spacial score (nSPS) is 10.4. The van der Waals surface area contributed by atoms with Crippen LogP contribution in [0.5, 0.6) is 5.75 Å². The fourth-order valence-electron chi connectivity index (χ4n) is 1.88. The number of hydrogen-bond donors (Lipinski definition) is 1. The van der Waals surface area contributed by atoms with Gasteiger partial charge in [-0.05, 0) is 35.2 Å². The van der Waals surface area contributed by atoms with E-state index in [4.69, 9.17) is 21.4 Å². The number of aliphatic hydroxyl groups is 1. The second-order valence-electron chi connectivity index (χ2n) is 4.02. The predicted octanol–water partition coefficient (Wildman–Crippen LogP) is 3.55. The van der Waals surface area contributed by atoms with E-state index in [2.05, 4.69) is 6.07 Å². The Morgan fingerprint density at radius 1 is 1.11 bits per heavy atom. The van der Waals surface area contributed by atoms with Crippen LogP contribution in [0.25, 0.3) is 11.1 Å². The van der Waals surface area contributed by atoms with Crippen molar-refractivity contribution in [2.24, 2.45) is 0 Å². The molecule has 0 fully saturated rings. The van der Waals surface area contributed by atoms with Crippen LogP contribution in [0, 0.1) is 0 Å². The first-order valence-corrected chi connectivity index (χ1v) is 6.16. The Kier molecular flexibility index (Phi) is 4.24. The van der Waals surface area contributed by atoms with Gasteiger partial charge in [-0.25, -0.2) is 0 Å². The molecule has 0 heterocycles. The molecule has 2 nitrogen and oxygen atoms in total. The van der Waals surface area contributed by atoms with Gasteiger partial charge in [0.25, 0.3) is 0 Å². The van der Waals surface area contributed by atoms with Gasteiger partial charge < -0.3 is 9.84 Å². The first kappa shape index (κ1) is 12.9. The standard InChI is InChI=1S/C15H15ClO2/c1-18-15-6-5-13(10-14(15)16)12-4-2-3-11(9-12)7-8-17/h2-6,9-10,17H,7-8H2,1H3. The number of hydrogen-bond acceptors (Lipinski definition) is 2. The summed E-state index contributed by atoms with van der Waals surface area (Å²) in [5.74, 6) is 0.673. The Morgan fingerprint density at radius 2 is 1.89 bits per heavy atom.